The van der Waals surface area contributed by atoms with Crippen LogP contribution in [0.25, 0.3) is 0 Å². The average molecular weight is 320 g/mol. The zero-order chi connectivity index (χ0) is 17.2. The van der Waals surface area contributed by atoms with Gasteiger partial charge >= 0.3 is 11.9 Å². The van der Waals surface area contributed by atoms with Crippen LogP contribution in [0.2, 0.25) is 0 Å². The molecule has 1 N–H and O–H groups in total. The highest BCUT2D eigenvalue weighted by Gasteiger charge is 2.40. The highest BCUT2D eigenvalue weighted by molar-refractivity contribution is 6.16. The molecule has 0 aromatic heterocycles. The van der Waals surface area contributed by atoms with Gasteiger partial charge in [-0.15, -0.1) is 0 Å². The van der Waals surface area contributed by atoms with Crippen molar-refractivity contribution in [2.45, 2.75) is 33.0 Å². The fraction of sp³-hybridized carbons (Fsp3) is 0.333. The van der Waals surface area contributed by atoms with E-state index in [1.165, 1.54) is 38.1 Å². The van der Waals surface area contributed by atoms with E-state index < -0.39 is 22.6 Å². The molecule has 0 radical (unpaired) electrons. The topological polar surface area (TPSA) is 108 Å². The quantitative estimate of drug-likeness (QED) is 0.298. The maximum Gasteiger partial charge on any atom is 0.350 e. The SMILES string of the molecule is CCC(Nc1ccc([N+](=O)[O-])cc1)=C1C(=O)OC(C)(C)OC1=O. The van der Waals surface area contributed by atoms with Crippen LogP contribution in [0.3, 0.4) is 0 Å². The summed E-state index contributed by atoms with van der Waals surface area (Å²) >= 11 is 0. The van der Waals surface area contributed by atoms with Crippen LogP contribution in [-0.2, 0) is 19.1 Å². The summed E-state index contributed by atoms with van der Waals surface area (Å²) in [6.45, 7) is 4.69. The molecule has 23 heavy (non-hydrogen) atoms. The third-order valence-electron chi connectivity index (χ3n) is 3.11. The van der Waals surface area contributed by atoms with Gasteiger partial charge in [-0.05, 0) is 18.6 Å². The molecule has 0 saturated carbocycles. The number of ether oxygens (including phenoxy) is 2. The van der Waals surface area contributed by atoms with Crippen molar-refractivity contribution < 1.29 is 24.0 Å². The number of nitro benzene ring substituents is 1. The van der Waals surface area contributed by atoms with Crippen LogP contribution in [0, 0.1) is 10.1 Å². The molecule has 0 unspecified atom stereocenters. The smallest absolute Gasteiger partial charge is 0.350 e. The summed E-state index contributed by atoms with van der Waals surface area (Å²) in [5.74, 6) is -2.83. The number of rotatable bonds is 4. The minimum Gasteiger partial charge on any atom is -0.419 e. The van der Waals surface area contributed by atoms with Crippen molar-refractivity contribution in [1.29, 1.82) is 0 Å². The van der Waals surface area contributed by atoms with E-state index in [1.54, 1.807) is 6.92 Å². The van der Waals surface area contributed by atoms with E-state index in [0.717, 1.165) is 0 Å². The van der Waals surface area contributed by atoms with Crippen LogP contribution in [0.1, 0.15) is 27.2 Å². The largest absolute Gasteiger partial charge is 0.419 e. The number of hydrogen-bond acceptors (Lipinski definition) is 7. The van der Waals surface area contributed by atoms with Crippen molar-refractivity contribution in [1.82, 2.24) is 0 Å². The van der Waals surface area contributed by atoms with E-state index in [4.69, 9.17) is 9.47 Å². The van der Waals surface area contributed by atoms with Gasteiger partial charge in [0.05, 0.1) is 4.92 Å². The zero-order valence-corrected chi connectivity index (χ0v) is 12.9. The second-order valence-electron chi connectivity index (χ2n) is 5.31. The van der Waals surface area contributed by atoms with Crippen molar-refractivity contribution >= 4 is 23.3 Å². The predicted molar refractivity (Wildman–Crippen MR) is 80.3 cm³/mol. The molecule has 1 aromatic carbocycles. The molecule has 1 aliphatic heterocycles. The van der Waals surface area contributed by atoms with Gasteiger partial charge < -0.3 is 14.8 Å². The summed E-state index contributed by atoms with van der Waals surface area (Å²) in [7, 11) is 0. The number of carbonyl (C=O) groups excluding carboxylic acids is 2. The second kappa shape index (κ2) is 6.07. The van der Waals surface area contributed by atoms with Crippen LogP contribution in [0.5, 0.6) is 0 Å². The number of carbonyl (C=O) groups is 2. The van der Waals surface area contributed by atoms with Gasteiger partial charge in [0.2, 0.25) is 0 Å². The van der Waals surface area contributed by atoms with Gasteiger partial charge in [-0.2, -0.15) is 0 Å². The van der Waals surface area contributed by atoms with Gasteiger partial charge in [-0.25, -0.2) is 9.59 Å². The number of non-ortho nitro benzene ring substituents is 1. The minimum atomic E-state index is -1.30. The van der Waals surface area contributed by atoms with Crippen molar-refractivity contribution in [3.8, 4) is 0 Å². The molecule has 2 rings (SSSR count). The lowest BCUT2D eigenvalue weighted by atomic mass is 10.1. The number of esters is 2. The molecule has 1 aliphatic rings. The number of nitrogens with one attached hydrogen (secondary N) is 1. The van der Waals surface area contributed by atoms with Gasteiger partial charge in [0.1, 0.15) is 0 Å². The van der Waals surface area contributed by atoms with Gasteiger partial charge in [-0.3, -0.25) is 10.1 Å². The Labute approximate surface area is 132 Å². The van der Waals surface area contributed by atoms with Crippen LogP contribution < -0.4 is 5.32 Å². The van der Waals surface area contributed by atoms with E-state index in [2.05, 4.69) is 5.32 Å². The van der Waals surface area contributed by atoms with Crippen molar-refractivity contribution in [3.63, 3.8) is 0 Å². The molecule has 1 fully saturated rings. The molecule has 8 nitrogen and oxygen atoms in total. The molecule has 0 atom stereocenters. The molecule has 1 heterocycles. The summed E-state index contributed by atoms with van der Waals surface area (Å²) < 4.78 is 10.1. The Morgan fingerprint density at radius 1 is 1.17 bits per heavy atom. The lowest BCUT2D eigenvalue weighted by molar-refractivity contribution is -0.384. The Morgan fingerprint density at radius 2 is 1.70 bits per heavy atom. The van der Waals surface area contributed by atoms with Gasteiger partial charge in [0, 0.05) is 37.4 Å². The molecule has 0 amide bonds. The lowest BCUT2D eigenvalue weighted by Gasteiger charge is -2.30. The number of benzene rings is 1. The normalized spacial score (nSPS) is 16.4. The van der Waals surface area contributed by atoms with E-state index >= 15 is 0 Å². The standard InChI is InChI=1S/C15H16N2O6/c1-4-11(12-13(18)22-15(2,3)23-14(12)19)16-9-5-7-10(8-6-9)17(20)21/h5-8,16H,4H2,1-3H3. The molecule has 0 aliphatic carbocycles. The first-order chi connectivity index (χ1) is 10.7. The molecule has 0 spiro atoms. The fourth-order valence-electron chi connectivity index (χ4n) is 2.07. The fourth-order valence-corrected chi connectivity index (χ4v) is 2.07. The zero-order valence-electron chi connectivity index (χ0n) is 12.9. The third kappa shape index (κ3) is 3.65. The first-order valence-corrected chi connectivity index (χ1v) is 6.95. The predicted octanol–water partition coefficient (Wildman–Crippen LogP) is 2.51. The van der Waals surface area contributed by atoms with Crippen LogP contribution in [-0.4, -0.2) is 22.6 Å². The molecule has 8 heteroatoms. The Kier molecular flexibility index (Phi) is 4.35. The van der Waals surface area contributed by atoms with Gasteiger partial charge in [0.25, 0.3) is 11.5 Å². The lowest BCUT2D eigenvalue weighted by Crippen LogP contribution is -2.42. The molecule has 1 saturated heterocycles. The number of hydrogen-bond donors (Lipinski definition) is 1. The van der Waals surface area contributed by atoms with Crippen LogP contribution in [0.15, 0.2) is 35.5 Å². The highest BCUT2D eigenvalue weighted by Crippen LogP contribution is 2.27. The van der Waals surface area contributed by atoms with Gasteiger partial charge in [-0.1, -0.05) is 6.92 Å². The van der Waals surface area contributed by atoms with Crippen LogP contribution in [0.4, 0.5) is 11.4 Å². The third-order valence-corrected chi connectivity index (χ3v) is 3.11. The summed E-state index contributed by atoms with van der Waals surface area (Å²) in [5.41, 5.74) is 0.569. The maximum absolute atomic E-state index is 12.0. The highest BCUT2D eigenvalue weighted by atomic mass is 16.7. The first-order valence-electron chi connectivity index (χ1n) is 6.95. The molecule has 0 bridgehead atoms. The summed E-state index contributed by atoms with van der Waals surface area (Å²) in [5, 5.41) is 13.5. The van der Waals surface area contributed by atoms with Crippen LogP contribution >= 0.6 is 0 Å². The Bertz CT molecular complexity index is 668. The van der Waals surface area contributed by atoms with Gasteiger partial charge in [0.15, 0.2) is 5.57 Å². The minimum absolute atomic E-state index is 0.0560. The average Bonchev–Trinajstić information content (AvgIpc) is 2.44. The number of anilines is 1. The molecule has 122 valence electrons. The van der Waals surface area contributed by atoms with E-state index in [1.807, 2.05) is 0 Å². The number of nitro groups is 1. The number of allylic oxidation sites excluding steroid dienone is 1. The van der Waals surface area contributed by atoms with E-state index in [9.17, 15) is 19.7 Å². The van der Waals surface area contributed by atoms with Crippen molar-refractivity contribution in [3.05, 3.63) is 45.6 Å². The summed E-state index contributed by atoms with van der Waals surface area (Å²) in [4.78, 5) is 34.2. The Hall–Kier alpha value is -2.90. The first kappa shape index (κ1) is 16.5. The molecule has 1 aromatic rings. The Morgan fingerprint density at radius 3 is 2.13 bits per heavy atom. The van der Waals surface area contributed by atoms with Crippen molar-refractivity contribution in [2.24, 2.45) is 0 Å². The monoisotopic (exact) mass is 320 g/mol. The molecular weight excluding hydrogens is 304 g/mol. The summed E-state index contributed by atoms with van der Waals surface area (Å²) in [6.07, 6.45) is 0.344. The Balaban J connectivity index is 2.30. The number of nitrogens with zero attached hydrogens (tertiary/aromatic N) is 1. The molecular formula is C15H16N2O6. The maximum atomic E-state index is 12.0. The second-order valence-corrected chi connectivity index (χ2v) is 5.31. The summed E-state index contributed by atoms with van der Waals surface area (Å²) in [6, 6.07) is 5.61. The van der Waals surface area contributed by atoms with Crippen molar-refractivity contribution in [2.75, 3.05) is 5.32 Å². The van der Waals surface area contributed by atoms with E-state index in [-0.39, 0.29) is 11.3 Å². The van der Waals surface area contributed by atoms with E-state index in [0.29, 0.717) is 17.8 Å². The number of cyclic esters (lactones) is 2.